The highest BCUT2D eigenvalue weighted by Gasteiger charge is 2.09. The number of aromatic amines is 1. The highest BCUT2D eigenvalue weighted by atomic mass is 79.9. The van der Waals surface area contributed by atoms with E-state index in [2.05, 4.69) is 31.2 Å². The molecule has 1 amide bonds. The Hall–Kier alpha value is -1.82. The zero-order valence-corrected chi connectivity index (χ0v) is 12.4. The van der Waals surface area contributed by atoms with Gasteiger partial charge in [0.1, 0.15) is 11.5 Å². The number of hydrogen-bond donors (Lipinski definition) is 2. The Labute approximate surface area is 120 Å². The molecule has 6 heteroatoms. The summed E-state index contributed by atoms with van der Waals surface area (Å²) in [7, 11) is 3.46. The maximum Gasteiger partial charge on any atom is 0.269 e. The molecule has 2 heterocycles. The summed E-state index contributed by atoms with van der Waals surface area (Å²) in [5.74, 6) is 0.747. The Morgan fingerprint density at radius 1 is 1.42 bits per heavy atom. The molecule has 0 unspecified atom stereocenters. The van der Waals surface area contributed by atoms with E-state index in [4.69, 9.17) is 0 Å². The SMILES string of the molecule is CN(C)C(=O)c1ccc(CNc2cc(Br)ccn2)[nH]1. The van der Waals surface area contributed by atoms with Gasteiger partial charge in [-0.2, -0.15) is 0 Å². The van der Waals surface area contributed by atoms with Crippen LogP contribution >= 0.6 is 15.9 Å². The molecular formula is C13H15BrN4O. The van der Waals surface area contributed by atoms with E-state index < -0.39 is 0 Å². The van der Waals surface area contributed by atoms with Gasteiger partial charge in [0, 0.05) is 30.5 Å². The van der Waals surface area contributed by atoms with E-state index in [0.717, 1.165) is 16.0 Å². The van der Waals surface area contributed by atoms with Crippen LogP contribution in [0.2, 0.25) is 0 Å². The number of rotatable bonds is 4. The second kappa shape index (κ2) is 5.88. The van der Waals surface area contributed by atoms with Gasteiger partial charge in [0.25, 0.3) is 5.91 Å². The highest BCUT2D eigenvalue weighted by Crippen LogP contribution is 2.13. The molecular weight excluding hydrogens is 308 g/mol. The number of pyridine rings is 1. The van der Waals surface area contributed by atoms with E-state index >= 15 is 0 Å². The van der Waals surface area contributed by atoms with Gasteiger partial charge >= 0.3 is 0 Å². The van der Waals surface area contributed by atoms with Gasteiger partial charge in [-0.05, 0) is 24.3 Å². The minimum atomic E-state index is -0.0353. The Morgan fingerprint density at radius 2 is 2.21 bits per heavy atom. The number of halogens is 1. The molecule has 0 radical (unpaired) electrons. The first kappa shape index (κ1) is 13.6. The van der Waals surface area contributed by atoms with Crippen LogP contribution in [-0.4, -0.2) is 34.9 Å². The van der Waals surface area contributed by atoms with Crippen molar-refractivity contribution in [3.63, 3.8) is 0 Å². The van der Waals surface area contributed by atoms with Crippen molar-refractivity contribution in [3.8, 4) is 0 Å². The van der Waals surface area contributed by atoms with Crippen LogP contribution in [0.25, 0.3) is 0 Å². The molecule has 0 bridgehead atoms. The molecule has 0 aromatic carbocycles. The van der Waals surface area contributed by atoms with Crippen molar-refractivity contribution >= 4 is 27.7 Å². The number of hydrogen-bond acceptors (Lipinski definition) is 3. The lowest BCUT2D eigenvalue weighted by Crippen LogP contribution is -2.22. The largest absolute Gasteiger partial charge is 0.364 e. The lowest BCUT2D eigenvalue weighted by atomic mass is 10.4. The van der Waals surface area contributed by atoms with Crippen molar-refractivity contribution in [2.75, 3.05) is 19.4 Å². The molecule has 0 aliphatic heterocycles. The van der Waals surface area contributed by atoms with Crippen LogP contribution in [0.5, 0.6) is 0 Å². The van der Waals surface area contributed by atoms with Crippen LogP contribution in [-0.2, 0) is 6.54 Å². The third-order valence-corrected chi connectivity index (χ3v) is 3.06. The summed E-state index contributed by atoms with van der Waals surface area (Å²) in [4.78, 5) is 20.6. The number of carbonyl (C=O) groups excluding carboxylic acids is 1. The fourth-order valence-electron chi connectivity index (χ4n) is 1.60. The lowest BCUT2D eigenvalue weighted by molar-refractivity contribution is 0.0822. The fourth-order valence-corrected chi connectivity index (χ4v) is 1.93. The van der Waals surface area contributed by atoms with Gasteiger partial charge < -0.3 is 15.2 Å². The first-order valence-corrected chi connectivity index (χ1v) is 6.60. The average Bonchev–Trinajstić information content (AvgIpc) is 2.84. The molecule has 5 nitrogen and oxygen atoms in total. The van der Waals surface area contributed by atoms with Gasteiger partial charge in [-0.1, -0.05) is 15.9 Å². The van der Waals surface area contributed by atoms with E-state index in [0.29, 0.717) is 12.2 Å². The second-order valence-corrected chi connectivity index (χ2v) is 5.23. The predicted molar refractivity (Wildman–Crippen MR) is 78.1 cm³/mol. The third kappa shape index (κ3) is 3.57. The topological polar surface area (TPSA) is 61.0 Å². The maximum atomic E-state index is 11.7. The van der Waals surface area contributed by atoms with E-state index in [1.807, 2.05) is 18.2 Å². The van der Waals surface area contributed by atoms with E-state index in [1.54, 1.807) is 31.3 Å². The van der Waals surface area contributed by atoms with Crippen molar-refractivity contribution in [3.05, 3.63) is 46.3 Å². The quantitative estimate of drug-likeness (QED) is 0.909. The van der Waals surface area contributed by atoms with E-state index in [-0.39, 0.29) is 5.91 Å². The van der Waals surface area contributed by atoms with Crippen molar-refractivity contribution in [1.82, 2.24) is 14.9 Å². The molecule has 100 valence electrons. The van der Waals surface area contributed by atoms with Crippen molar-refractivity contribution < 1.29 is 4.79 Å². The second-order valence-electron chi connectivity index (χ2n) is 4.31. The van der Waals surface area contributed by atoms with Gasteiger partial charge in [0.2, 0.25) is 0 Å². The molecule has 2 aromatic heterocycles. The Balaban J connectivity index is 1.99. The highest BCUT2D eigenvalue weighted by molar-refractivity contribution is 9.10. The number of amides is 1. The molecule has 0 saturated carbocycles. The lowest BCUT2D eigenvalue weighted by Gasteiger charge is -2.08. The molecule has 0 spiro atoms. The van der Waals surface area contributed by atoms with Crippen LogP contribution in [0.4, 0.5) is 5.82 Å². The maximum absolute atomic E-state index is 11.7. The monoisotopic (exact) mass is 322 g/mol. The fraction of sp³-hybridized carbons (Fsp3) is 0.231. The minimum Gasteiger partial charge on any atom is -0.364 e. The van der Waals surface area contributed by atoms with Crippen LogP contribution in [0.3, 0.4) is 0 Å². The third-order valence-electron chi connectivity index (χ3n) is 2.56. The summed E-state index contributed by atoms with van der Waals surface area (Å²) in [6.45, 7) is 0.587. The summed E-state index contributed by atoms with van der Waals surface area (Å²) in [5, 5.41) is 3.19. The van der Waals surface area contributed by atoms with Gasteiger partial charge in [-0.15, -0.1) is 0 Å². The molecule has 0 fully saturated rings. The molecule has 2 N–H and O–H groups in total. The molecule has 0 atom stereocenters. The summed E-state index contributed by atoms with van der Waals surface area (Å²) >= 11 is 3.39. The molecule has 0 saturated heterocycles. The van der Waals surface area contributed by atoms with Crippen molar-refractivity contribution in [1.29, 1.82) is 0 Å². The standard InChI is InChI=1S/C13H15BrN4O/c1-18(2)13(19)11-4-3-10(17-11)8-16-12-7-9(14)5-6-15-12/h3-7,17H,8H2,1-2H3,(H,15,16). The van der Waals surface area contributed by atoms with Crippen LogP contribution in [0.15, 0.2) is 34.9 Å². The summed E-state index contributed by atoms with van der Waals surface area (Å²) in [5.41, 5.74) is 1.52. The number of H-pyrrole nitrogens is 1. The van der Waals surface area contributed by atoms with Gasteiger partial charge in [-0.25, -0.2) is 4.98 Å². The van der Waals surface area contributed by atoms with Crippen LogP contribution in [0.1, 0.15) is 16.2 Å². The minimum absolute atomic E-state index is 0.0353. The van der Waals surface area contributed by atoms with Crippen LogP contribution < -0.4 is 5.32 Å². The molecule has 0 aliphatic carbocycles. The smallest absolute Gasteiger partial charge is 0.269 e. The number of nitrogens with zero attached hydrogens (tertiary/aromatic N) is 2. The van der Waals surface area contributed by atoms with Crippen LogP contribution in [0, 0.1) is 0 Å². The molecule has 2 rings (SSSR count). The van der Waals surface area contributed by atoms with E-state index in [1.165, 1.54) is 0 Å². The first-order chi connectivity index (χ1) is 9.06. The zero-order valence-electron chi connectivity index (χ0n) is 10.8. The number of anilines is 1. The Kier molecular flexibility index (Phi) is 4.21. The Morgan fingerprint density at radius 3 is 2.89 bits per heavy atom. The summed E-state index contributed by atoms with van der Waals surface area (Å²) in [6.07, 6.45) is 1.72. The van der Waals surface area contributed by atoms with Gasteiger partial charge in [0.15, 0.2) is 0 Å². The summed E-state index contributed by atoms with van der Waals surface area (Å²) < 4.78 is 0.972. The average molecular weight is 323 g/mol. The number of aromatic nitrogens is 2. The van der Waals surface area contributed by atoms with Crippen molar-refractivity contribution in [2.24, 2.45) is 0 Å². The number of nitrogens with one attached hydrogen (secondary N) is 2. The molecule has 0 aliphatic rings. The normalized spacial score (nSPS) is 10.3. The molecule has 2 aromatic rings. The number of carbonyl (C=O) groups is 1. The molecule has 19 heavy (non-hydrogen) atoms. The predicted octanol–water partition coefficient (Wildman–Crippen LogP) is 2.49. The van der Waals surface area contributed by atoms with Gasteiger partial charge in [-0.3, -0.25) is 4.79 Å². The zero-order chi connectivity index (χ0) is 13.8. The van der Waals surface area contributed by atoms with E-state index in [9.17, 15) is 4.79 Å². The van der Waals surface area contributed by atoms with Crippen molar-refractivity contribution in [2.45, 2.75) is 6.54 Å². The summed E-state index contributed by atoms with van der Waals surface area (Å²) in [6, 6.07) is 7.44. The first-order valence-electron chi connectivity index (χ1n) is 5.81. The van der Waals surface area contributed by atoms with Gasteiger partial charge in [0.05, 0.1) is 6.54 Å². The Bertz CT molecular complexity index is 580.